The topological polar surface area (TPSA) is 35.5 Å². The van der Waals surface area contributed by atoms with Crippen LogP contribution in [0.4, 0.5) is 13.2 Å². The Hall–Kier alpha value is -1.27. The smallest absolute Gasteiger partial charge is 0.310 e. The number of ether oxygens (including phenoxy) is 2. The summed E-state index contributed by atoms with van der Waals surface area (Å²) in [6.45, 7) is 6.60. The van der Waals surface area contributed by atoms with E-state index in [1.54, 1.807) is 0 Å². The predicted octanol–water partition coefficient (Wildman–Crippen LogP) is 4.63. The van der Waals surface area contributed by atoms with Crippen molar-refractivity contribution in [3.8, 4) is 0 Å². The molecule has 134 valence electrons. The maximum absolute atomic E-state index is 14.1. The van der Waals surface area contributed by atoms with Crippen molar-refractivity contribution >= 4 is 17.6 Å². The van der Waals surface area contributed by atoms with Crippen molar-refractivity contribution < 1.29 is 27.4 Å². The molecule has 1 fully saturated rings. The van der Waals surface area contributed by atoms with Crippen LogP contribution in [0.2, 0.25) is 5.02 Å². The summed E-state index contributed by atoms with van der Waals surface area (Å²) >= 11 is 5.77. The Morgan fingerprint density at radius 2 is 1.50 bits per heavy atom. The first-order chi connectivity index (χ1) is 11.0. The SMILES string of the molecule is COCc1c(F)c(F)c(COC(=O)C2C(C)(C)C2(C)C)c(Cl)c1F. The lowest BCUT2D eigenvalue weighted by Crippen LogP contribution is -2.14. The Bertz CT molecular complexity index is 643. The number of carbonyl (C=O) groups excluding carboxylic acids is 1. The maximum atomic E-state index is 14.1. The zero-order chi connectivity index (χ0) is 18.4. The molecule has 0 aliphatic heterocycles. The molecule has 0 bridgehead atoms. The first kappa shape index (κ1) is 19.1. The van der Waals surface area contributed by atoms with Gasteiger partial charge in [0, 0.05) is 12.7 Å². The first-order valence-electron chi connectivity index (χ1n) is 7.47. The number of carbonyl (C=O) groups is 1. The highest BCUT2D eigenvalue weighted by Crippen LogP contribution is 2.68. The second-order valence-corrected chi connectivity index (χ2v) is 7.51. The van der Waals surface area contributed by atoms with Gasteiger partial charge in [-0.3, -0.25) is 4.79 Å². The Morgan fingerprint density at radius 1 is 1.00 bits per heavy atom. The Balaban J connectivity index is 2.21. The van der Waals surface area contributed by atoms with Crippen LogP contribution in [0.5, 0.6) is 0 Å². The number of esters is 1. The van der Waals surface area contributed by atoms with Gasteiger partial charge in [0.05, 0.1) is 23.1 Å². The van der Waals surface area contributed by atoms with Gasteiger partial charge in [-0.25, -0.2) is 13.2 Å². The van der Waals surface area contributed by atoms with Gasteiger partial charge in [0.2, 0.25) is 0 Å². The molecule has 24 heavy (non-hydrogen) atoms. The second kappa shape index (κ2) is 6.23. The summed E-state index contributed by atoms with van der Waals surface area (Å²) in [7, 11) is 1.22. The van der Waals surface area contributed by atoms with E-state index in [0.717, 1.165) is 0 Å². The number of halogens is 4. The fourth-order valence-electron chi connectivity index (χ4n) is 3.13. The van der Waals surface area contributed by atoms with Crippen LogP contribution in [0.15, 0.2) is 0 Å². The second-order valence-electron chi connectivity index (χ2n) is 7.13. The molecule has 1 aliphatic rings. The van der Waals surface area contributed by atoms with Crippen molar-refractivity contribution in [2.24, 2.45) is 16.7 Å². The van der Waals surface area contributed by atoms with Gasteiger partial charge in [0.15, 0.2) is 17.5 Å². The van der Waals surface area contributed by atoms with E-state index in [1.807, 2.05) is 27.7 Å². The molecule has 0 amide bonds. The lowest BCUT2D eigenvalue weighted by Gasteiger charge is -2.13. The molecule has 1 aromatic carbocycles. The quantitative estimate of drug-likeness (QED) is 0.564. The van der Waals surface area contributed by atoms with E-state index in [0.29, 0.717) is 0 Å². The van der Waals surface area contributed by atoms with E-state index in [4.69, 9.17) is 16.3 Å². The summed E-state index contributed by atoms with van der Waals surface area (Å²) < 4.78 is 51.8. The molecule has 0 spiro atoms. The molecule has 0 N–H and O–H groups in total. The van der Waals surface area contributed by atoms with E-state index >= 15 is 0 Å². The van der Waals surface area contributed by atoms with E-state index in [1.165, 1.54) is 7.11 Å². The number of rotatable bonds is 5. The van der Waals surface area contributed by atoms with Crippen molar-refractivity contribution in [3.63, 3.8) is 0 Å². The predicted molar refractivity (Wildman–Crippen MR) is 82.9 cm³/mol. The first-order valence-corrected chi connectivity index (χ1v) is 7.85. The molecule has 2 rings (SSSR count). The fraction of sp³-hybridized carbons (Fsp3) is 0.588. The minimum absolute atomic E-state index is 0.259. The third-order valence-electron chi connectivity index (χ3n) is 5.35. The average molecular weight is 365 g/mol. The molecule has 1 aromatic rings. The standard InChI is InChI=1S/C17H20ClF3O3/c1-16(2)14(17(16,3)4)15(22)24-7-8-10(18)11(19)9(6-23-5)13(21)12(8)20/h14H,6-7H2,1-5H3. The van der Waals surface area contributed by atoms with Crippen LogP contribution in [-0.2, 0) is 27.5 Å². The molecule has 0 saturated heterocycles. The van der Waals surface area contributed by atoms with Gasteiger partial charge in [-0.2, -0.15) is 0 Å². The lowest BCUT2D eigenvalue weighted by atomic mass is 10.0. The van der Waals surface area contributed by atoms with Crippen molar-refractivity contribution in [1.29, 1.82) is 0 Å². The third-order valence-corrected chi connectivity index (χ3v) is 5.74. The molecule has 0 heterocycles. The van der Waals surface area contributed by atoms with Crippen LogP contribution in [0, 0.1) is 34.2 Å². The van der Waals surface area contributed by atoms with E-state index in [9.17, 15) is 18.0 Å². The zero-order valence-electron chi connectivity index (χ0n) is 14.2. The Labute approximate surface area is 144 Å². The normalized spacial score (nSPS) is 18.5. The summed E-state index contributed by atoms with van der Waals surface area (Å²) in [5.74, 6) is -4.75. The van der Waals surface area contributed by atoms with Crippen molar-refractivity contribution in [2.45, 2.75) is 40.9 Å². The van der Waals surface area contributed by atoms with Gasteiger partial charge in [-0.05, 0) is 10.8 Å². The van der Waals surface area contributed by atoms with E-state index in [2.05, 4.69) is 4.74 Å². The molecule has 7 heteroatoms. The van der Waals surface area contributed by atoms with Crippen LogP contribution >= 0.6 is 11.6 Å². The molecular weight excluding hydrogens is 345 g/mol. The van der Waals surface area contributed by atoms with Crippen LogP contribution < -0.4 is 0 Å². The molecule has 0 unspecified atom stereocenters. The molecule has 1 saturated carbocycles. The van der Waals surface area contributed by atoms with Gasteiger partial charge in [0.25, 0.3) is 0 Å². The van der Waals surface area contributed by atoms with Gasteiger partial charge < -0.3 is 9.47 Å². The molecule has 0 aromatic heterocycles. The Kier molecular flexibility index (Phi) is 4.94. The van der Waals surface area contributed by atoms with E-state index < -0.39 is 52.8 Å². The number of methoxy groups -OCH3 is 1. The van der Waals surface area contributed by atoms with Crippen molar-refractivity contribution in [1.82, 2.24) is 0 Å². The van der Waals surface area contributed by atoms with Gasteiger partial charge >= 0.3 is 5.97 Å². The summed E-state index contributed by atoms with van der Waals surface area (Å²) in [5.41, 5.74) is -1.63. The Morgan fingerprint density at radius 3 is 1.96 bits per heavy atom. The third kappa shape index (κ3) is 2.80. The molecule has 0 radical (unpaired) electrons. The molecule has 3 nitrogen and oxygen atoms in total. The van der Waals surface area contributed by atoms with Crippen molar-refractivity contribution in [2.75, 3.05) is 7.11 Å². The summed E-state index contributed by atoms with van der Waals surface area (Å²) in [6, 6.07) is 0. The number of benzene rings is 1. The van der Waals surface area contributed by atoms with Gasteiger partial charge in [-0.15, -0.1) is 0 Å². The fourth-order valence-corrected chi connectivity index (χ4v) is 3.38. The van der Waals surface area contributed by atoms with Crippen LogP contribution in [-0.4, -0.2) is 13.1 Å². The summed E-state index contributed by atoms with van der Waals surface area (Å²) in [4.78, 5) is 12.2. The molecular formula is C17H20ClF3O3. The molecule has 0 atom stereocenters. The largest absolute Gasteiger partial charge is 0.460 e. The monoisotopic (exact) mass is 364 g/mol. The van der Waals surface area contributed by atoms with E-state index in [-0.39, 0.29) is 16.7 Å². The molecule has 1 aliphatic carbocycles. The van der Waals surface area contributed by atoms with Gasteiger partial charge in [-0.1, -0.05) is 39.3 Å². The minimum Gasteiger partial charge on any atom is -0.460 e. The summed E-state index contributed by atoms with van der Waals surface area (Å²) in [5, 5.41) is -0.608. The van der Waals surface area contributed by atoms with Crippen LogP contribution in [0.25, 0.3) is 0 Å². The van der Waals surface area contributed by atoms with Crippen LogP contribution in [0.1, 0.15) is 38.8 Å². The number of hydrogen-bond acceptors (Lipinski definition) is 3. The van der Waals surface area contributed by atoms with Gasteiger partial charge in [0.1, 0.15) is 6.61 Å². The maximum Gasteiger partial charge on any atom is 0.310 e. The minimum atomic E-state index is -1.39. The highest BCUT2D eigenvalue weighted by Gasteiger charge is 2.69. The zero-order valence-corrected chi connectivity index (χ0v) is 15.0. The highest BCUT2D eigenvalue weighted by atomic mass is 35.5. The van der Waals surface area contributed by atoms with Crippen LogP contribution in [0.3, 0.4) is 0 Å². The van der Waals surface area contributed by atoms with Crippen molar-refractivity contribution in [3.05, 3.63) is 33.6 Å². The highest BCUT2D eigenvalue weighted by molar-refractivity contribution is 6.31. The summed E-state index contributed by atoms with van der Waals surface area (Å²) in [6.07, 6.45) is 0. The lowest BCUT2D eigenvalue weighted by molar-refractivity contribution is -0.148. The number of hydrogen-bond donors (Lipinski definition) is 0. The average Bonchev–Trinajstić information content (AvgIpc) is 2.91.